The molecule has 6 heteroatoms. The van der Waals surface area contributed by atoms with Crippen molar-refractivity contribution in [3.63, 3.8) is 0 Å². The van der Waals surface area contributed by atoms with Gasteiger partial charge < -0.3 is 14.4 Å². The Hall–Kier alpha value is -2.37. The van der Waals surface area contributed by atoms with E-state index in [0.29, 0.717) is 5.75 Å². The maximum atomic E-state index is 11.3. The Morgan fingerprint density at radius 3 is 3.05 bits per heavy atom. The molecule has 1 N–H and O–H groups in total. The van der Waals surface area contributed by atoms with E-state index in [9.17, 15) is 9.90 Å². The SMILES string of the molecule is Cc1cccc(C(=O)O)c1OCc1nnc2n1CCCC2. The molecule has 3 rings (SSSR count). The normalized spacial score (nSPS) is 13.8. The van der Waals surface area contributed by atoms with Crippen LogP contribution in [0, 0.1) is 6.92 Å². The van der Waals surface area contributed by atoms with Crippen molar-refractivity contribution in [3.05, 3.63) is 41.0 Å². The molecule has 0 fully saturated rings. The van der Waals surface area contributed by atoms with Gasteiger partial charge in [0.1, 0.15) is 23.7 Å². The van der Waals surface area contributed by atoms with Crippen molar-refractivity contribution in [2.24, 2.45) is 0 Å². The van der Waals surface area contributed by atoms with Gasteiger partial charge in [0.2, 0.25) is 0 Å². The molecule has 0 spiro atoms. The Labute approximate surface area is 122 Å². The van der Waals surface area contributed by atoms with Crippen molar-refractivity contribution in [1.29, 1.82) is 0 Å². The lowest BCUT2D eigenvalue weighted by Gasteiger charge is -2.16. The first-order valence-electron chi connectivity index (χ1n) is 7.03. The van der Waals surface area contributed by atoms with Gasteiger partial charge in [-0.2, -0.15) is 0 Å². The lowest BCUT2D eigenvalue weighted by molar-refractivity contribution is 0.0691. The minimum atomic E-state index is -0.989. The van der Waals surface area contributed by atoms with Crippen molar-refractivity contribution in [2.45, 2.75) is 39.3 Å². The van der Waals surface area contributed by atoms with Crippen LogP contribution in [0.4, 0.5) is 0 Å². The highest BCUT2D eigenvalue weighted by molar-refractivity contribution is 5.91. The molecule has 21 heavy (non-hydrogen) atoms. The molecule has 6 nitrogen and oxygen atoms in total. The first-order valence-corrected chi connectivity index (χ1v) is 7.03. The second-order valence-electron chi connectivity index (χ2n) is 5.19. The summed E-state index contributed by atoms with van der Waals surface area (Å²) in [5.74, 6) is 1.16. The van der Waals surface area contributed by atoms with E-state index in [1.165, 1.54) is 0 Å². The summed E-state index contributed by atoms with van der Waals surface area (Å²) < 4.78 is 7.81. The number of fused-ring (bicyclic) bond motifs is 1. The smallest absolute Gasteiger partial charge is 0.339 e. The number of rotatable bonds is 4. The summed E-state index contributed by atoms with van der Waals surface area (Å²) >= 11 is 0. The van der Waals surface area contributed by atoms with Crippen LogP contribution < -0.4 is 4.74 Å². The summed E-state index contributed by atoms with van der Waals surface area (Å²) in [7, 11) is 0. The lowest BCUT2D eigenvalue weighted by atomic mass is 10.1. The van der Waals surface area contributed by atoms with Crippen molar-refractivity contribution in [1.82, 2.24) is 14.8 Å². The van der Waals surface area contributed by atoms with E-state index in [0.717, 1.165) is 43.0 Å². The van der Waals surface area contributed by atoms with Gasteiger partial charge in [-0.3, -0.25) is 0 Å². The van der Waals surface area contributed by atoms with Crippen LogP contribution in [0.15, 0.2) is 18.2 Å². The zero-order valence-corrected chi connectivity index (χ0v) is 11.9. The van der Waals surface area contributed by atoms with Gasteiger partial charge in [0.15, 0.2) is 5.82 Å². The zero-order chi connectivity index (χ0) is 14.8. The third-order valence-corrected chi connectivity index (χ3v) is 3.72. The Kier molecular flexibility index (Phi) is 3.60. The van der Waals surface area contributed by atoms with Gasteiger partial charge in [0.25, 0.3) is 0 Å². The van der Waals surface area contributed by atoms with Crippen LogP contribution in [0.3, 0.4) is 0 Å². The van der Waals surface area contributed by atoms with Crippen LogP contribution in [-0.2, 0) is 19.6 Å². The predicted molar refractivity (Wildman–Crippen MR) is 75.4 cm³/mol. The van der Waals surface area contributed by atoms with Gasteiger partial charge in [-0.25, -0.2) is 4.79 Å². The van der Waals surface area contributed by atoms with E-state index in [1.54, 1.807) is 12.1 Å². The molecule has 0 aliphatic carbocycles. The van der Waals surface area contributed by atoms with Crippen molar-refractivity contribution in [2.75, 3.05) is 0 Å². The molecule has 2 heterocycles. The van der Waals surface area contributed by atoms with Gasteiger partial charge >= 0.3 is 5.97 Å². The van der Waals surface area contributed by atoms with E-state index < -0.39 is 5.97 Å². The molecule has 1 aliphatic rings. The number of aromatic nitrogens is 3. The molecule has 0 bridgehead atoms. The first-order chi connectivity index (χ1) is 10.2. The summed E-state index contributed by atoms with van der Waals surface area (Å²) in [4.78, 5) is 11.3. The molecular formula is C15H17N3O3. The maximum absolute atomic E-state index is 11.3. The maximum Gasteiger partial charge on any atom is 0.339 e. The molecule has 0 saturated carbocycles. The average molecular weight is 287 g/mol. The van der Waals surface area contributed by atoms with Crippen LogP contribution >= 0.6 is 0 Å². The fraction of sp³-hybridized carbons (Fsp3) is 0.400. The summed E-state index contributed by atoms with van der Waals surface area (Å²) in [6, 6.07) is 5.09. The first kappa shape index (κ1) is 13.6. The van der Waals surface area contributed by atoms with Crippen LogP contribution in [0.5, 0.6) is 5.75 Å². The Bertz CT molecular complexity index is 679. The van der Waals surface area contributed by atoms with Crippen molar-refractivity contribution >= 4 is 5.97 Å². The van der Waals surface area contributed by atoms with Crippen LogP contribution in [0.25, 0.3) is 0 Å². The summed E-state index contributed by atoms with van der Waals surface area (Å²) in [6.07, 6.45) is 3.19. The van der Waals surface area contributed by atoms with E-state index >= 15 is 0 Å². The number of aromatic carboxylic acids is 1. The van der Waals surface area contributed by atoms with E-state index in [4.69, 9.17) is 4.74 Å². The fourth-order valence-corrected chi connectivity index (χ4v) is 2.62. The Morgan fingerprint density at radius 1 is 1.38 bits per heavy atom. The highest BCUT2D eigenvalue weighted by Crippen LogP contribution is 2.25. The number of benzene rings is 1. The van der Waals surface area contributed by atoms with Gasteiger partial charge in [-0.05, 0) is 31.4 Å². The molecular weight excluding hydrogens is 270 g/mol. The Balaban J connectivity index is 1.82. The van der Waals surface area contributed by atoms with Crippen molar-refractivity contribution < 1.29 is 14.6 Å². The summed E-state index contributed by atoms with van der Waals surface area (Å²) in [5.41, 5.74) is 0.974. The second kappa shape index (κ2) is 5.55. The van der Waals surface area contributed by atoms with Gasteiger partial charge in [0, 0.05) is 13.0 Å². The van der Waals surface area contributed by atoms with E-state index in [-0.39, 0.29) is 12.2 Å². The third kappa shape index (κ3) is 2.61. The van der Waals surface area contributed by atoms with E-state index in [1.807, 2.05) is 13.0 Å². The van der Waals surface area contributed by atoms with Gasteiger partial charge in [0.05, 0.1) is 0 Å². The van der Waals surface area contributed by atoms with Crippen molar-refractivity contribution in [3.8, 4) is 5.75 Å². The molecule has 0 atom stereocenters. The topological polar surface area (TPSA) is 77.2 Å². The highest BCUT2D eigenvalue weighted by Gasteiger charge is 2.18. The predicted octanol–water partition coefficient (Wildman–Crippen LogP) is 2.20. The Morgan fingerprint density at radius 2 is 2.24 bits per heavy atom. The largest absolute Gasteiger partial charge is 0.484 e. The second-order valence-corrected chi connectivity index (χ2v) is 5.19. The number of carbonyl (C=O) groups is 1. The lowest BCUT2D eigenvalue weighted by Crippen LogP contribution is -2.15. The zero-order valence-electron chi connectivity index (χ0n) is 11.9. The molecule has 1 aromatic heterocycles. The van der Waals surface area contributed by atoms with Crippen LogP contribution in [-0.4, -0.2) is 25.8 Å². The van der Waals surface area contributed by atoms with Gasteiger partial charge in [-0.15, -0.1) is 10.2 Å². The molecule has 0 amide bonds. The number of ether oxygens (including phenoxy) is 1. The van der Waals surface area contributed by atoms with Crippen LogP contribution in [0.1, 0.15) is 40.4 Å². The molecule has 1 aromatic carbocycles. The van der Waals surface area contributed by atoms with E-state index in [2.05, 4.69) is 14.8 Å². The molecule has 2 aromatic rings. The number of carboxylic acids is 1. The molecule has 0 radical (unpaired) electrons. The minimum absolute atomic E-state index is 0.174. The molecule has 0 saturated heterocycles. The standard InChI is InChI=1S/C15H17N3O3/c1-10-5-4-6-11(15(19)20)14(10)21-9-13-17-16-12-7-2-3-8-18(12)13/h4-6H,2-3,7-9H2,1H3,(H,19,20). The monoisotopic (exact) mass is 287 g/mol. The number of hydrogen-bond donors (Lipinski definition) is 1. The number of aryl methyl sites for hydroxylation is 2. The quantitative estimate of drug-likeness (QED) is 0.932. The molecule has 110 valence electrons. The average Bonchev–Trinajstić information content (AvgIpc) is 2.89. The number of nitrogens with zero attached hydrogens (tertiary/aromatic N) is 3. The molecule has 0 unspecified atom stereocenters. The third-order valence-electron chi connectivity index (χ3n) is 3.72. The van der Waals surface area contributed by atoms with Gasteiger partial charge in [-0.1, -0.05) is 12.1 Å². The molecule has 1 aliphatic heterocycles. The summed E-state index contributed by atoms with van der Waals surface area (Å²) in [5, 5.41) is 17.5. The van der Waals surface area contributed by atoms with Crippen LogP contribution in [0.2, 0.25) is 0 Å². The fourth-order valence-electron chi connectivity index (χ4n) is 2.62. The number of hydrogen-bond acceptors (Lipinski definition) is 4. The summed E-state index contributed by atoms with van der Waals surface area (Å²) in [6.45, 7) is 2.97. The number of para-hydroxylation sites is 1. The highest BCUT2D eigenvalue weighted by atomic mass is 16.5. The minimum Gasteiger partial charge on any atom is -0.484 e. The number of carboxylic acid groups (broad SMARTS) is 1.